The third-order valence-electron chi connectivity index (χ3n) is 4.75. The van der Waals surface area contributed by atoms with Crippen LogP contribution in [0, 0.1) is 0 Å². The Bertz CT molecular complexity index is 272. The van der Waals surface area contributed by atoms with Gasteiger partial charge in [0.25, 0.3) is 0 Å². The van der Waals surface area contributed by atoms with Crippen LogP contribution in [0.4, 0.5) is 0 Å². The highest BCUT2D eigenvalue weighted by Gasteiger charge is 2.32. The van der Waals surface area contributed by atoms with Crippen LogP contribution in [0.2, 0.25) is 0 Å². The monoisotopic (exact) mass is 268 g/mol. The third-order valence-corrected chi connectivity index (χ3v) is 4.75. The van der Waals surface area contributed by atoms with E-state index in [0.29, 0.717) is 11.6 Å². The van der Waals surface area contributed by atoms with Crippen molar-refractivity contribution in [2.75, 3.05) is 13.1 Å². The number of nitrogens with zero attached hydrogens (tertiary/aromatic N) is 1. The second-order valence-electron chi connectivity index (χ2n) is 6.27. The second kappa shape index (κ2) is 7.88. The van der Waals surface area contributed by atoms with Crippen molar-refractivity contribution in [1.29, 1.82) is 0 Å². The minimum Gasteiger partial charge on any atom is -0.354 e. The zero-order valence-electron chi connectivity index (χ0n) is 13.3. The number of likely N-dealkylation sites (tertiary alicyclic amines) is 1. The number of unbranched alkanes of at least 4 members (excludes halogenated alkanes) is 2. The van der Waals surface area contributed by atoms with Crippen molar-refractivity contribution in [3.05, 3.63) is 0 Å². The molecule has 0 radical (unpaired) electrons. The van der Waals surface area contributed by atoms with E-state index in [1.807, 2.05) is 0 Å². The number of rotatable bonds is 7. The molecule has 1 atom stereocenters. The number of amides is 1. The molecule has 1 N–H and O–H groups in total. The number of hydrogen-bond donors (Lipinski definition) is 1. The van der Waals surface area contributed by atoms with Crippen molar-refractivity contribution in [1.82, 2.24) is 10.2 Å². The minimum atomic E-state index is 0.111. The maximum absolute atomic E-state index is 11.1. The standard InChI is InChI=1S/C16H32N2O/c1-5-7-8-11-16(4,6-2)18-12-9-15(10-13-18)17-14(3)19/h15H,5-13H2,1-4H3,(H,17,19). The Morgan fingerprint density at radius 2 is 1.89 bits per heavy atom. The predicted molar refractivity (Wildman–Crippen MR) is 81.2 cm³/mol. The van der Waals surface area contributed by atoms with Gasteiger partial charge < -0.3 is 5.32 Å². The molecule has 3 nitrogen and oxygen atoms in total. The van der Waals surface area contributed by atoms with Gasteiger partial charge in [0.15, 0.2) is 0 Å². The second-order valence-corrected chi connectivity index (χ2v) is 6.27. The van der Waals surface area contributed by atoms with Crippen LogP contribution < -0.4 is 5.32 Å². The van der Waals surface area contributed by atoms with E-state index in [0.717, 1.165) is 25.9 Å². The molecule has 1 amide bonds. The average Bonchev–Trinajstić information content (AvgIpc) is 2.39. The summed E-state index contributed by atoms with van der Waals surface area (Å²) >= 11 is 0. The normalized spacial score (nSPS) is 21.1. The van der Waals surface area contributed by atoms with Crippen molar-refractivity contribution in [3.63, 3.8) is 0 Å². The van der Waals surface area contributed by atoms with Gasteiger partial charge in [-0.25, -0.2) is 0 Å². The molecule has 0 aliphatic carbocycles. The molecule has 3 heteroatoms. The molecule has 19 heavy (non-hydrogen) atoms. The number of carbonyl (C=O) groups is 1. The molecule has 0 bridgehead atoms. The number of hydrogen-bond acceptors (Lipinski definition) is 2. The highest BCUT2D eigenvalue weighted by Crippen LogP contribution is 2.29. The molecular formula is C16H32N2O. The number of carbonyl (C=O) groups excluding carboxylic acids is 1. The van der Waals surface area contributed by atoms with Gasteiger partial charge in [0.2, 0.25) is 5.91 Å². The maximum Gasteiger partial charge on any atom is 0.217 e. The lowest BCUT2D eigenvalue weighted by atomic mass is 9.87. The van der Waals surface area contributed by atoms with Crippen molar-refractivity contribution in [2.45, 2.75) is 84.2 Å². The van der Waals surface area contributed by atoms with Gasteiger partial charge in [0.1, 0.15) is 0 Å². The first kappa shape index (κ1) is 16.5. The first-order chi connectivity index (χ1) is 9.01. The van der Waals surface area contributed by atoms with Crippen LogP contribution in [0.1, 0.15) is 72.6 Å². The molecule has 1 rings (SSSR count). The van der Waals surface area contributed by atoms with Crippen LogP contribution in [0.25, 0.3) is 0 Å². The molecule has 0 aromatic carbocycles. The predicted octanol–water partition coefficient (Wildman–Crippen LogP) is 3.34. The summed E-state index contributed by atoms with van der Waals surface area (Å²) in [5.41, 5.74) is 0.358. The van der Waals surface area contributed by atoms with E-state index in [1.54, 1.807) is 6.92 Å². The molecule has 0 aromatic rings. The Kier molecular flexibility index (Phi) is 6.84. The molecule has 0 spiro atoms. The first-order valence-corrected chi connectivity index (χ1v) is 8.04. The van der Waals surface area contributed by atoms with E-state index in [-0.39, 0.29) is 5.91 Å². The van der Waals surface area contributed by atoms with Gasteiger partial charge in [-0.05, 0) is 32.6 Å². The van der Waals surface area contributed by atoms with Crippen LogP contribution >= 0.6 is 0 Å². The maximum atomic E-state index is 11.1. The quantitative estimate of drug-likeness (QED) is 0.718. The molecule has 1 aliphatic rings. The molecule has 1 saturated heterocycles. The van der Waals surface area contributed by atoms with E-state index in [1.165, 1.54) is 32.1 Å². The minimum absolute atomic E-state index is 0.111. The van der Waals surface area contributed by atoms with Crippen LogP contribution in [0.15, 0.2) is 0 Å². The Hall–Kier alpha value is -0.570. The molecule has 112 valence electrons. The molecule has 0 aromatic heterocycles. The summed E-state index contributed by atoms with van der Waals surface area (Å²) in [6.07, 6.45) is 8.71. The van der Waals surface area contributed by atoms with Crippen molar-refractivity contribution in [2.24, 2.45) is 0 Å². The van der Waals surface area contributed by atoms with Gasteiger partial charge in [-0.15, -0.1) is 0 Å². The number of nitrogens with one attached hydrogen (secondary N) is 1. The first-order valence-electron chi connectivity index (χ1n) is 8.04. The number of piperidine rings is 1. The molecule has 1 heterocycles. The van der Waals surface area contributed by atoms with Gasteiger partial charge >= 0.3 is 0 Å². The smallest absolute Gasteiger partial charge is 0.217 e. The Balaban J connectivity index is 2.44. The fraction of sp³-hybridized carbons (Fsp3) is 0.938. The zero-order valence-corrected chi connectivity index (χ0v) is 13.3. The van der Waals surface area contributed by atoms with Crippen LogP contribution in [-0.4, -0.2) is 35.5 Å². The summed E-state index contributed by atoms with van der Waals surface area (Å²) in [6, 6.07) is 0.394. The fourth-order valence-corrected chi connectivity index (χ4v) is 3.17. The largest absolute Gasteiger partial charge is 0.354 e. The summed E-state index contributed by atoms with van der Waals surface area (Å²) in [6.45, 7) is 10.9. The SMILES string of the molecule is CCCCCC(C)(CC)N1CCC(NC(C)=O)CC1. The zero-order chi connectivity index (χ0) is 14.3. The summed E-state index contributed by atoms with van der Waals surface area (Å²) in [4.78, 5) is 13.8. The molecular weight excluding hydrogens is 236 g/mol. The van der Waals surface area contributed by atoms with Gasteiger partial charge in [-0.2, -0.15) is 0 Å². The lowest BCUT2D eigenvalue weighted by molar-refractivity contribution is -0.120. The van der Waals surface area contributed by atoms with E-state index >= 15 is 0 Å². The summed E-state index contributed by atoms with van der Waals surface area (Å²) in [5.74, 6) is 0.111. The Morgan fingerprint density at radius 3 is 2.37 bits per heavy atom. The van der Waals surface area contributed by atoms with Crippen LogP contribution in [-0.2, 0) is 4.79 Å². The topological polar surface area (TPSA) is 32.3 Å². The molecule has 1 fully saturated rings. The fourth-order valence-electron chi connectivity index (χ4n) is 3.17. The summed E-state index contributed by atoms with van der Waals surface area (Å²) < 4.78 is 0. The van der Waals surface area contributed by atoms with Gasteiger partial charge in [-0.1, -0.05) is 33.1 Å². The van der Waals surface area contributed by atoms with Crippen molar-refractivity contribution >= 4 is 5.91 Å². The van der Waals surface area contributed by atoms with Crippen molar-refractivity contribution < 1.29 is 4.79 Å². The summed E-state index contributed by atoms with van der Waals surface area (Å²) in [7, 11) is 0. The van der Waals surface area contributed by atoms with E-state index in [9.17, 15) is 4.79 Å². The van der Waals surface area contributed by atoms with Crippen LogP contribution in [0.3, 0.4) is 0 Å². The van der Waals surface area contributed by atoms with Gasteiger partial charge in [-0.3, -0.25) is 9.69 Å². The van der Waals surface area contributed by atoms with Crippen LogP contribution in [0.5, 0.6) is 0 Å². The van der Waals surface area contributed by atoms with E-state index in [4.69, 9.17) is 0 Å². The Labute approximate surface area is 119 Å². The molecule has 0 saturated carbocycles. The Morgan fingerprint density at radius 1 is 1.26 bits per heavy atom. The average molecular weight is 268 g/mol. The lowest BCUT2D eigenvalue weighted by Crippen LogP contribution is -2.53. The lowest BCUT2D eigenvalue weighted by Gasteiger charge is -2.45. The van der Waals surface area contributed by atoms with Gasteiger partial charge in [0, 0.05) is 31.6 Å². The highest BCUT2D eigenvalue weighted by molar-refractivity contribution is 5.73. The van der Waals surface area contributed by atoms with Gasteiger partial charge in [0.05, 0.1) is 0 Å². The summed E-state index contributed by atoms with van der Waals surface area (Å²) in [5, 5.41) is 3.06. The highest BCUT2D eigenvalue weighted by atomic mass is 16.1. The van der Waals surface area contributed by atoms with E-state index in [2.05, 4.69) is 31.0 Å². The van der Waals surface area contributed by atoms with Crippen molar-refractivity contribution in [3.8, 4) is 0 Å². The molecule has 1 unspecified atom stereocenters. The third kappa shape index (κ3) is 5.13. The molecule has 1 aliphatic heterocycles. The van der Waals surface area contributed by atoms with E-state index < -0.39 is 0 Å².